The summed E-state index contributed by atoms with van der Waals surface area (Å²) in [5.74, 6) is 1.72. The van der Waals surface area contributed by atoms with Crippen LogP contribution in [-0.4, -0.2) is 6.54 Å². The largest absolute Gasteiger partial charge is 0.457 e. The Bertz CT molecular complexity index is 554. The highest BCUT2D eigenvalue weighted by Crippen LogP contribution is 2.29. The molecule has 0 spiro atoms. The minimum absolute atomic E-state index is 0.728. The Morgan fingerprint density at radius 1 is 1.11 bits per heavy atom. The summed E-state index contributed by atoms with van der Waals surface area (Å²) in [6.07, 6.45) is 0. The van der Waals surface area contributed by atoms with Crippen molar-refractivity contribution >= 4 is 11.6 Å². The molecule has 0 heterocycles. The number of nitrogens with one attached hydrogen (secondary N) is 1. The van der Waals surface area contributed by atoms with Crippen molar-refractivity contribution in [1.82, 2.24) is 5.32 Å². The maximum absolute atomic E-state index is 5.99. The van der Waals surface area contributed by atoms with Crippen molar-refractivity contribution in [3.05, 3.63) is 58.6 Å². The predicted molar refractivity (Wildman–Crippen MR) is 80.1 cm³/mol. The summed E-state index contributed by atoms with van der Waals surface area (Å²) < 4.78 is 5.99. The number of ether oxygens (including phenoxy) is 1. The van der Waals surface area contributed by atoms with Gasteiger partial charge in [-0.15, -0.1) is 0 Å². The number of hydrogen-bond acceptors (Lipinski definition) is 2. The van der Waals surface area contributed by atoms with Gasteiger partial charge < -0.3 is 10.1 Å². The number of aryl methyl sites for hydroxylation is 1. The maximum atomic E-state index is 5.99. The highest BCUT2D eigenvalue weighted by atomic mass is 35.5. The van der Waals surface area contributed by atoms with Crippen molar-refractivity contribution in [3.8, 4) is 11.5 Å². The topological polar surface area (TPSA) is 21.3 Å². The molecule has 2 aromatic carbocycles. The van der Waals surface area contributed by atoms with Crippen LogP contribution in [0.15, 0.2) is 42.5 Å². The zero-order valence-electron chi connectivity index (χ0n) is 11.2. The van der Waals surface area contributed by atoms with E-state index in [1.807, 2.05) is 43.3 Å². The summed E-state index contributed by atoms with van der Waals surface area (Å²) in [6.45, 7) is 5.83. The Morgan fingerprint density at radius 3 is 2.63 bits per heavy atom. The zero-order valence-corrected chi connectivity index (χ0v) is 12.0. The van der Waals surface area contributed by atoms with Gasteiger partial charge in [0.25, 0.3) is 0 Å². The van der Waals surface area contributed by atoms with Crippen molar-refractivity contribution in [2.45, 2.75) is 20.4 Å². The molecule has 0 aromatic heterocycles. The van der Waals surface area contributed by atoms with E-state index in [9.17, 15) is 0 Å². The Labute approximate surface area is 119 Å². The first kappa shape index (κ1) is 13.9. The summed E-state index contributed by atoms with van der Waals surface area (Å²) in [5, 5.41) is 4.04. The molecule has 0 unspecified atom stereocenters. The van der Waals surface area contributed by atoms with Gasteiger partial charge in [-0.25, -0.2) is 0 Å². The van der Waals surface area contributed by atoms with Crippen LogP contribution >= 0.6 is 11.6 Å². The second kappa shape index (κ2) is 6.60. The van der Waals surface area contributed by atoms with Crippen molar-refractivity contribution in [1.29, 1.82) is 0 Å². The first-order valence-corrected chi connectivity index (χ1v) is 6.81. The first-order chi connectivity index (χ1) is 9.20. The highest BCUT2D eigenvalue weighted by Gasteiger charge is 2.06. The lowest BCUT2D eigenvalue weighted by Gasteiger charge is -2.13. The monoisotopic (exact) mass is 275 g/mol. The standard InChI is InChI=1S/C16H18ClNO/c1-3-18-11-13-6-4-5-7-16(13)19-15-9-8-14(17)10-12(15)2/h4-10,18H,3,11H2,1-2H3. The van der Waals surface area contributed by atoms with Crippen LogP contribution in [0.4, 0.5) is 0 Å². The maximum Gasteiger partial charge on any atom is 0.131 e. The molecule has 2 aromatic rings. The van der Waals surface area contributed by atoms with Crippen LogP contribution in [-0.2, 0) is 6.54 Å². The molecule has 0 radical (unpaired) electrons. The molecular weight excluding hydrogens is 258 g/mol. The molecule has 19 heavy (non-hydrogen) atoms. The second-order valence-electron chi connectivity index (χ2n) is 4.40. The van der Waals surface area contributed by atoms with Gasteiger partial charge >= 0.3 is 0 Å². The SMILES string of the molecule is CCNCc1ccccc1Oc1ccc(Cl)cc1C. The lowest BCUT2D eigenvalue weighted by Crippen LogP contribution is -2.12. The van der Waals surface area contributed by atoms with Gasteiger partial charge in [0.15, 0.2) is 0 Å². The van der Waals surface area contributed by atoms with Gasteiger partial charge in [-0.3, -0.25) is 0 Å². The number of rotatable bonds is 5. The molecule has 0 saturated heterocycles. The van der Waals surface area contributed by atoms with E-state index in [1.165, 1.54) is 0 Å². The molecule has 0 amide bonds. The fourth-order valence-corrected chi connectivity index (χ4v) is 2.08. The van der Waals surface area contributed by atoms with Gasteiger partial charge in [0.1, 0.15) is 11.5 Å². The van der Waals surface area contributed by atoms with Crippen LogP contribution in [0.1, 0.15) is 18.1 Å². The summed E-state index contributed by atoms with van der Waals surface area (Å²) in [5.41, 5.74) is 2.18. The van der Waals surface area contributed by atoms with Gasteiger partial charge in [0.2, 0.25) is 0 Å². The van der Waals surface area contributed by atoms with E-state index < -0.39 is 0 Å². The molecule has 0 fully saturated rings. The Kier molecular flexibility index (Phi) is 4.83. The minimum Gasteiger partial charge on any atom is -0.457 e. The molecule has 0 bridgehead atoms. The van der Waals surface area contributed by atoms with Gasteiger partial charge in [-0.2, -0.15) is 0 Å². The van der Waals surface area contributed by atoms with E-state index in [4.69, 9.17) is 16.3 Å². The van der Waals surface area contributed by atoms with Crippen molar-refractivity contribution < 1.29 is 4.74 Å². The predicted octanol–water partition coefficient (Wildman–Crippen LogP) is 4.55. The number of halogens is 1. The average Bonchev–Trinajstić information content (AvgIpc) is 2.41. The van der Waals surface area contributed by atoms with Crippen LogP contribution in [0, 0.1) is 6.92 Å². The summed E-state index contributed by atoms with van der Waals surface area (Å²) >= 11 is 5.95. The number of hydrogen-bond donors (Lipinski definition) is 1. The Hall–Kier alpha value is -1.51. The van der Waals surface area contributed by atoms with Gasteiger partial charge in [0.05, 0.1) is 0 Å². The van der Waals surface area contributed by atoms with Gasteiger partial charge in [-0.05, 0) is 43.3 Å². The van der Waals surface area contributed by atoms with E-state index in [2.05, 4.69) is 18.3 Å². The van der Waals surface area contributed by atoms with E-state index in [-0.39, 0.29) is 0 Å². The molecule has 0 aliphatic rings. The smallest absolute Gasteiger partial charge is 0.131 e. The fraction of sp³-hybridized carbons (Fsp3) is 0.250. The lowest BCUT2D eigenvalue weighted by molar-refractivity contribution is 0.470. The Balaban J connectivity index is 2.22. The molecule has 1 N–H and O–H groups in total. The van der Waals surface area contributed by atoms with Gasteiger partial charge in [-0.1, -0.05) is 36.7 Å². The molecular formula is C16H18ClNO. The van der Waals surface area contributed by atoms with Crippen molar-refractivity contribution in [3.63, 3.8) is 0 Å². The Morgan fingerprint density at radius 2 is 1.89 bits per heavy atom. The van der Waals surface area contributed by atoms with E-state index >= 15 is 0 Å². The van der Waals surface area contributed by atoms with Crippen LogP contribution in [0.3, 0.4) is 0 Å². The lowest BCUT2D eigenvalue weighted by atomic mass is 10.2. The molecule has 0 aliphatic heterocycles. The van der Waals surface area contributed by atoms with E-state index in [0.717, 1.165) is 40.7 Å². The molecule has 0 aliphatic carbocycles. The number of para-hydroxylation sites is 1. The third-order valence-electron chi connectivity index (χ3n) is 2.89. The van der Waals surface area contributed by atoms with Crippen molar-refractivity contribution in [2.75, 3.05) is 6.54 Å². The molecule has 0 atom stereocenters. The van der Waals surface area contributed by atoms with Crippen LogP contribution in [0.25, 0.3) is 0 Å². The van der Waals surface area contributed by atoms with Crippen LogP contribution < -0.4 is 10.1 Å². The highest BCUT2D eigenvalue weighted by molar-refractivity contribution is 6.30. The summed E-state index contributed by atoms with van der Waals surface area (Å²) in [4.78, 5) is 0. The van der Waals surface area contributed by atoms with E-state index in [0.29, 0.717) is 0 Å². The molecule has 2 rings (SSSR count). The van der Waals surface area contributed by atoms with E-state index in [1.54, 1.807) is 0 Å². The minimum atomic E-state index is 0.728. The fourth-order valence-electron chi connectivity index (χ4n) is 1.85. The summed E-state index contributed by atoms with van der Waals surface area (Å²) in [7, 11) is 0. The van der Waals surface area contributed by atoms with Crippen LogP contribution in [0.2, 0.25) is 5.02 Å². The quantitative estimate of drug-likeness (QED) is 0.864. The third kappa shape index (κ3) is 3.72. The van der Waals surface area contributed by atoms with Crippen molar-refractivity contribution in [2.24, 2.45) is 0 Å². The number of benzene rings is 2. The third-order valence-corrected chi connectivity index (χ3v) is 3.13. The molecule has 0 saturated carbocycles. The molecule has 3 heteroatoms. The van der Waals surface area contributed by atoms with Crippen LogP contribution in [0.5, 0.6) is 11.5 Å². The summed E-state index contributed by atoms with van der Waals surface area (Å²) in [6, 6.07) is 13.7. The molecule has 100 valence electrons. The first-order valence-electron chi connectivity index (χ1n) is 6.43. The van der Waals surface area contributed by atoms with Gasteiger partial charge in [0, 0.05) is 17.1 Å². The molecule has 2 nitrogen and oxygen atoms in total. The average molecular weight is 276 g/mol. The second-order valence-corrected chi connectivity index (χ2v) is 4.84. The normalized spacial score (nSPS) is 10.5. The zero-order chi connectivity index (χ0) is 13.7.